The van der Waals surface area contributed by atoms with Crippen LogP contribution in [0.5, 0.6) is 5.75 Å². The molecule has 0 unspecified atom stereocenters. The first-order valence-electron chi connectivity index (χ1n) is 10.6. The topological polar surface area (TPSA) is 64.4 Å². The lowest BCUT2D eigenvalue weighted by Gasteiger charge is -2.31. The first-order chi connectivity index (χ1) is 15.0. The number of carbonyl (C=O) groups is 2. The van der Waals surface area contributed by atoms with E-state index in [-0.39, 0.29) is 17.6 Å². The average molecular weight is 418 g/mol. The summed E-state index contributed by atoms with van der Waals surface area (Å²) in [5.41, 5.74) is 3.85. The van der Waals surface area contributed by atoms with Gasteiger partial charge in [-0.1, -0.05) is 18.2 Å². The molecule has 2 heterocycles. The monoisotopic (exact) mass is 417 g/mol. The predicted octanol–water partition coefficient (Wildman–Crippen LogP) is 4.23. The van der Waals surface area contributed by atoms with Crippen molar-refractivity contribution in [1.82, 2.24) is 14.7 Å². The molecule has 0 radical (unpaired) electrons. The van der Waals surface area contributed by atoms with Crippen LogP contribution >= 0.6 is 0 Å². The number of hydrogen-bond acceptors (Lipinski definition) is 4. The Morgan fingerprint density at radius 3 is 2.23 bits per heavy atom. The van der Waals surface area contributed by atoms with Crippen LogP contribution in [0.3, 0.4) is 0 Å². The lowest BCUT2D eigenvalue weighted by Crippen LogP contribution is -2.40. The molecule has 0 N–H and O–H groups in total. The van der Waals surface area contributed by atoms with Crippen LogP contribution in [0.1, 0.15) is 44.9 Å². The van der Waals surface area contributed by atoms with Crippen molar-refractivity contribution in [2.24, 2.45) is 5.92 Å². The minimum absolute atomic E-state index is 0.00692. The van der Waals surface area contributed by atoms with Crippen LogP contribution in [0.15, 0.2) is 54.6 Å². The highest BCUT2D eigenvalue weighted by Crippen LogP contribution is 2.26. The summed E-state index contributed by atoms with van der Waals surface area (Å²) >= 11 is 0. The van der Waals surface area contributed by atoms with Crippen LogP contribution in [0.4, 0.5) is 0 Å². The van der Waals surface area contributed by atoms with Gasteiger partial charge in [-0.25, -0.2) is 4.68 Å². The van der Waals surface area contributed by atoms with E-state index in [0.717, 1.165) is 22.8 Å². The number of hydrogen-bond donors (Lipinski definition) is 0. The van der Waals surface area contributed by atoms with Gasteiger partial charge in [0.2, 0.25) is 0 Å². The van der Waals surface area contributed by atoms with Gasteiger partial charge in [0.25, 0.3) is 5.91 Å². The van der Waals surface area contributed by atoms with E-state index in [1.54, 1.807) is 7.11 Å². The first kappa shape index (κ1) is 20.8. The number of amides is 1. The molecule has 6 heteroatoms. The van der Waals surface area contributed by atoms with Gasteiger partial charge in [0, 0.05) is 24.6 Å². The molecule has 160 valence electrons. The largest absolute Gasteiger partial charge is 0.497 e. The molecular formula is C25H27N3O3. The van der Waals surface area contributed by atoms with Crippen molar-refractivity contribution in [3.8, 4) is 11.4 Å². The smallest absolute Gasteiger partial charge is 0.257 e. The van der Waals surface area contributed by atoms with Crippen molar-refractivity contribution in [3.05, 3.63) is 77.1 Å². The zero-order valence-electron chi connectivity index (χ0n) is 18.2. The van der Waals surface area contributed by atoms with Gasteiger partial charge in [-0.05, 0) is 63.1 Å². The number of nitrogens with zero attached hydrogens (tertiary/aromatic N) is 3. The van der Waals surface area contributed by atoms with Crippen LogP contribution in [0, 0.1) is 19.8 Å². The highest BCUT2D eigenvalue weighted by atomic mass is 16.5. The molecule has 6 nitrogen and oxygen atoms in total. The minimum Gasteiger partial charge on any atom is -0.497 e. The first-order valence-corrected chi connectivity index (χ1v) is 10.6. The number of aryl methyl sites for hydroxylation is 1. The molecule has 0 aliphatic carbocycles. The van der Waals surface area contributed by atoms with E-state index in [2.05, 4.69) is 5.10 Å². The molecule has 1 fully saturated rings. The van der Waals surface area contributed by atoms with Crippen LogP contribution in [0.2, 0.25) is 0 Å². The van der Waals surface area contributed by atoms with E-state index in [9.17, 15) is 9.59 Å². The zero-order chi connectivity index (χ0) is 22.0. The number of aromatic nitrogens is 2. The Labute approximate surface area is 182 Å². The van der Waals surface area contributed by atoms with Crippen LogP contribution in [0.25, 0.3) is 5.69 Å². The van der Waals surface area contributed by atoms with Gasteiger partial charge in [-0.15, -0.1) is 0 Å². The Hall–Kier alpha value is -3.41. The normalized spacial score (nSPS) is 14.5. The summed E-state index contributed by atoms with van der Waals surface area (Å²) in [6.07, 6.45) is 1.34. The Bertz CT molecular complexity index is 1080. The number of ketones is 1. The summed E-state index contributed by atoms with van der Waals surface area (Å²) in [7, 11) is 1.61. The molecule has 31 heavy (non-hydrogen) atoms. The summed E-state index contributed by atoms with van der Waals surface area (Å²) in [5.74, 6) is 0.803. The summed E-state index contributed by atoms with van der Waals surface area (Å²) in [4.78, 5) is 28.0. The molecule has 1 saturated heterocycles. The fourth-order valence-electron chi connectivity index (χ4n) is 4.27. The standard InChI is InChI=1S/C25H27N3O3/c1-17-23(18(2)28(26-17)21-7-5-4-6-8-21)25(30)27-15-13-20(14-16-27)24(29)19-9-11-22(31-3)12-10-19/h4-12,20H,13-16H2,1-3H3. The quantitative estimate of drug-likeness (QED) is 0.583. The van der Waals surface area contributed by atoms with Crippen molar-refractivity contribution in [1.29, 1.82) is 0 Å². The molecule has 1 aliphatic heterocycles. The van der Waals surface area contributed by atoms with Crippen LogP contribution < -0.4 is 4.74 Å². The summed E-state index contributed by atoms with van der Waals surface area (Å²) in [5, 5.41) is 4.60. The third-order valence-corrected chi connectivity index (χ3v) is 6.03. The number of rotatable bonds is 5. The van der Waals surface area contributed by atoms with E-state index in [4.69, 9.17) is 4.74 Å². The van der Waals surface area contributed by atoms with E-state index >= 15 is 0 Å². The van der Waals surface area contributed by atoms with Gasteiger partial charge >= 0.3 is 0 Å². The van der Waals surface area contributed by atoms with E-state index in [1.807, 2.05) is 78.0 Å². The van der Waals surface area contributed by atoms with Crippen molar-refractivity contribution < 1.29 is 14.3 Å². The van der Waals surface area contributed by atoms with Crippen molar-refractivity contribution in [3.63, 3.8) is 0 Å². The Kier molecular flexibility index (Phi) is 5.89. The van der Waals surface area contributed by atoms with Crippen molar-refractivity contribution in [2.75, 3.05) is 20.2 Å². The van der Waals surface area contributed by atoms with E-state index < -0.39 is 0 Å². The SMILES string of the molecule is COc1ccc(C(=O)C2CCN(C(=O)c3c(C)nn(-c4ccccc4)c3C)CC2)cc1. The molecule has 1 aliphatic rings. The Morgan fingerprint density at radius 1 is 0.968 bits per heavy atom. The zero-order valence-corrected chi connectivity index (χ0v) is 18.2. The van der Waals surface area contributed by atoms with Gasteiger partial charge in [-0.2, -0.15) is 5.10 Å². The number of carbonyl (C=O) groups excluding carboxylic acids is 2. The highest BCUT2D eigenvalue weighted by molar-refractivity contribution is 5.99. The molecule has 0 bridgehead atoms. The fraction of sp³-hybridized carbons (Fsp3) is 0.320. The molecule has 3 aromatic rings. The molecule has 2 aromatic carbocycles. The Balaban J connectivity index is 1.45. The van der Waals surface area contributed by atoms with Gasteiger partial charge in [0.1, 0.15) is 5.75 Å². The second kappa shape index (κ2) is 8.76. The van der Waals surface area contributed by atoms with Crippen LogP contribution in [-0.2, 0) is 0 Å². The van der Waals surface area contributed by atoms with Crippen molar-refractivity contribution in [2.45, 2.75) is 26.7 Å². The third-order valence-electron chi connectivity index (χ3n) is 6.03. The number of methoxy groups -OCH3 is 1. The second-order valence-corrected chi connectivity index (χ2v) is 7.95. The average Bonchev–Trinajstić information content (AvgIpc) is 3.12. The minimum atomic E-state index is -0.0633. The van der Waals surface area contributed by atoms with Gasteiger partial charge in [0.15, 0.2) is 5.78 Å². The maximum atomic E-state index is 13.3. The van der Waals surface area contributed by atoms with Crippen molar-refractivity contribution >= 4 is 11.7 Å². The highest BCUT2D eigenvalue weighted by Gasteiger charge is 2.31. The van der Waals surface area contributed by atoms with E-state index in [0.29, 0.717) is 37.1 Å². The van der Waals surface area contributed by atoms with E-state index in [1.165, 1.54) is 0 Å². The number of benzene rings is 2. The molecule has 0 saturated carbocycles. The molecule has 0 atom stereocenters. The predicted molar refractivity (Wildman–Crippen MR) is 119 cm³/mol. The third kappa shape index (κ3) is 4.10. The number of likely N-dealkylation sites (tertiary alicyclic amines) is 1. The molecule has 1 aromatic heterocycles. The molecular weight excluding hydrogens is 390 g/mol. The Morgan fingerprint density at radius 2 is 1.61 bits per heavy atom. The van der Waals surface area contributed by atoms with Gasteiger partial charge in [0.05, 0.1) is 29.7 Å². The lowest BCUT2D eigenvalue weighted by molar-refractivity contribution is 0.0649. The number of para-hydroxylation sites is 1. The molecule has 1 amide bonds. The summed E-state index contributed by atoms with van der Waals surface area (Å²) in [6, 6.07) is 17.1. The molecule has 0 spiro atoms. The lowest BCUT2D eigenvalue weighted by atomic mass is 9.88. The summed E-state index contributed by atoms with van der Waals surface area (Å²) in [6.45, 7) is 4.95. The van der Waals surface area contributed by atoms with Crippen LogP contribution in [-0.4, -0.2) is 46.6 Å². The maximum absolute atomic E-state index is 13.3. The number of ether oxygens (including phenoxy) is 1. The second-order valence-electron chi connectivity index (χ2n) is 7.95. The fourth-order valence-corrected chi connectivity index (χ4v) is 4.27. The number of Topliss-reactive ketones (excluding diaryl/α,β-unsaturated/α-hetero) is 1. The number of piperidine rings is 1. The molecule has 4 rings (SSSR count). The van der Waals surface area contributed by atoms with Gasteiger partial charge < -0.3 is 9.64 Å². The maximum Gasteiger partial charge on any atom is 0.257 e. The van der Waals surface area contributed by atoms with Gasteiger partial charge in [-0.3, -0.25) is 9.59 Å². The summed E-state index contributed by atoms with van der Waals surface area (Å²) < 4.78 is 6.99.